The Balaban J connectivity index is 2.05. The molecule has 138 valence electrons. The smallest absolute Gasteiger partial charge is 0.119 e. The van der Waals surface area contributed by atoms with Crippen LogP contribution in [0.2, 0.25) is 5.02 Å². The Bertz CT molecular complexity index is 1230. The molecular weight excluding hydrogens is 370 g/mol. The fourth-order valence-electron chi connectivity index (χ4n) is 3.45. The van der Waals surface area contributed by atoms with E-state index in [0.29, 0.717) is 10.6 Å². The van der Waals surface area contributed by atoms with Crippen LogP contribution in [-0.2, 0) is 0 Å². The van der Waals surface area contributed by atoms with Crippen LogP contribution in [0.4, 0.5) is 5.69 Å². The lowest BCUT2D eigenvalue weighted by atomic mass is 9.98. The summed E-state index contributed by atoms with van der Waals surface area (Å²) >= 11 is 6.35. The molecule has 28 heavy (non-hydrogen) atoms. The first-order valence-electron chi connectivity index (χ1n) is 8.78. The highest BCUT2D eigenvalue weighted by atomic mass is 35.5. The first kappa shape index (κ1) is 18.0. The van der Waals surface area contributed by atoms with E-state index in [1.54, 1.807) is 7.11 Å². The maximum absolute atomic E-state index is 9.44. The number of methoxy groups -OCH3 is 1. The maximum Gasteiger partial charge on any atom is 0.119 e. The Morgan fingerprint density at radius 3 is 2.50 bits per heavy atom. The van der Waals surface area contributed by atoms with Crippen LogP contribution in [0.5, 0.6) is 5.75 Å². The number of anilines is 1. The monoisotopic (exact) mass is 387 g/mol. The summed E-state index contributed by atoms with van der Waals surface area (Å²) in [7, 11) is 1.64. The summed E-state index contributed by atoms with van der Waals surface area (Å²) in [6.45, 7) is 2.00. The number of fused-ring (bicyclic) bond motifs is 1. The van der Waals surface area contributed by atoms with Crippen molar-refractivity contribution in [3.63, 3.8) is 0 Å². The molecule has 4 rings (SSSR count). The molecule has 0 unspecified atom stereocenters. The molecule has 0 spiro atoms. The quantitative estimate of drug-likeness (QED) is 0.457. The summed E-state index contributed by atoms with van der Waals surface area (Å²) in [5.74, 6) is 0.789. The largest absolute Gasteiger partial charge is 0.497 e. The average molecular weight is 388 g/mol. The number of nitrogens with zero attached hydrogens (tertiary/aromatic N) is 2. The molecule has 5 heteroatoms. The number of nitriles is 1. The van der Waals surface area contributed by atoms with E-state index in [1.807, 2.05) is 61.5 Å². The molecule has 4 aromatic rings. The Labute approximate surface area is 168 Å². The van der Waals surface area contributed by atoms with Crippen LogP contribution in [-0.4, -0.2) is 11.7 Å². The van der Waals surface area contributed by atoms with Crippen molar-refractivity contribution in [1.82, 2.24) is 4.57 Å². The lowest BCUT2D eigenvalue weighted by Gasteiger charge is -2.07. The second-order valence-electron chi connectivity index (χ2n) is 6.59. The number of benzene rings is 3. The van der Waals surface area contributed by atoms with Crippen molar-refractivity contribution in [3.05, 3.63) is 76.9 Å². The van der Waals surface area contributed by atoms with E-state index < -0.39 is 0 Å². The Kier molecular flexibility index (Phi) is 4.46. The molecule has 0 aliphatic rings. The highest BCUT2D eigenvalue weighted by molar-refractivity contribution is 6.32. The number of hydrogen-bond donors (Lipinski definition) is 1. The van der Waals surface area contributed by atoms with E-state index >= 15 is 0 Å². The van der Waals surface area contributed by atoms with Gasteiger partial charge in [-0.15, -0.1) is 0 Å². The molecule has 0 aliphatic carbocycles. The average Bonchev–Trinajstić information content (AvgIpc) is 3.07. The Morgan fingerprint density at radius 1 is 1.07 bits per heavy atom. The van der Waals surface area contributed by atoms with Gasteiger partial charge < -0.3 is 15.0 Å². The lowest BCUT2D eigenvalue weighted by Crippen LogP contribution is -1.93. The number of ether oxygens (including phenoxy) is 1. The zero-order valence-corrected chi connectivity index (χ0v) is 16.3. The van der Waals surface area contributed by atoms with Gasteiger partial charge in [0.15, 0.2) is 0 Å². The van der Waals surface area contributed by atoms with Crippen molar-refractivity contribution in [3.8, 4) is 28.6 Å². The van der Waals surface area contributed by atoms with Crippen molar-refractivity contribution < 1.29 is 4.74 Å². The number of aromatic nitrogens is 1. The topological polar surface area (TPSA) is 64.0 Å². The Hall–Kier alpha value is -3.42. The van der Waals surface area contributed by atoms with E-state index in [-0.39, 0.29) is 0 Å². The van der Waals surface area contributed by atoms with Crippen LogP contribution in [0.1, 0.15) is 11.1 Å². The van der Waals surface area contributed by atoms with E-state index in [2.05, 4.69) is 16.8 Å². The summed E-state index contributed by atoms with van der Waals surface area (Å²) in [5.41, 5.74) is 12.3. The standard InChI is InChI=1S/C23H18ClN3O/c1-14-18(4-3-5-22(14)26)20-13-27(16-6-8-17(28-2)9-7-16)23-11-21(24)15(12-25)10-19(20)23/h3-11,13H,26H2,1-2H3. The minimum absolute atomic E-state index is 0.429. The fraction of sp³-hybridized carbons (Fsp3) is 0.0870. The van der Waals surface area contributed by atoms with Gasteiger partial charge in [-0.2, -0.15) is 5.26 Å². The summed E-state index contributed by atoms with van der Waals surface area (Å²) in [4.78, 5) is 0. The third-order valence-corrected chi connectivity index (χ3v) is 5.34. The molecule has 0 saturated heterocycles. The number of rotatable bonds is 3. The molecule has 0 atom stereocenters. The van der Waals surface area contributed by atoms with Crippen molar-refractivity contribution in [2.75, 3.05) is 12.8 Å². The molecular formula is C23H18ClN3O. The summed E-state index contributed by atoms with van der Waals surface area (Å²) in [6.07, 6.45) is 2.06. The number of nitrogens with two attached hydrogens (primary N) is 1. The molecule has 0 fully saturated rings. The number of hydrogen-bond acceptors (Lipinski definition) is 3. The van der Waals surface area contributed by atoms with E-state index in [0.717, 1.165) is 44.7 Å². The maximum atomic E-state index is 9.44. The Morgan fingerprint density at radius 2 is 1.82 bits per heavy atom. The SMILES string of the molecule is COc1ccc(-n2cc(-c3cccc(N)c3C)c3cc(C#N)c(Cl)cc32)cc1. The van der Waals surface area contributed by atoms with Crippen LogP contribution in [0, 0.1) is 18.3 Å². The molecule has 0 bridgehead atoms. The molecule has 0 amide bonds. The summed E-state index contributed by atoms with van der Waals surface area (Å²) in [6, 6.07) is 19.5. The highest BCUT2D eigenvalue weighted by Crippen LogP contribution is 2.38. The van der Waals surface area contributed by atoms with Crippen molar-refractivity contribution in [1.29, 1.82) is 5.26 Å². The predicted octanol–water partition coefficient (Wildman–Crippen LogP) is 5.72. The third-order valence-electron chi connectivity index (χ3n) is 5.03. The molecule has 4 nitrogen and oxygen atoms in total. The van der Waals surface area contributed by atoms with Crippen molar-refractivity contribution in [2.24, 2.45) is 0 Å². The molecule has 1 heterocycles. The van der Waals surface area contributed by atoms with Gasteiger partial charge in [0.1, 0.15) is 11.8 Å². The second kappa shape index (κ2) is 6.95. The summed E-state index contributed by atoms with van der Waals surface area (Å²) in [5, 5.41) is 10.8. The van der Waals surface area contributed by atoms with Crippen molar-refractivity contribution >= 4 is 28.2 Å². The number of nitrogen functional groups attached to an aromatic ring is 1. The van der Waals surface area contributed by atoms with Gasteiger partial charge >= 0.3 is 0 Å². The predicted molar refractivity (Wildman–Crippen MR) is 114 cm³/mol. The van der Waals surface area contributed by atoms with Gasteiger partial charge in [0.2, 0.25) is 0 Å². The van der Waals surface area contributed by atoms with Crippen LogP contribution in [0.25, 0.3) is 27.7 Å². The zero-order valence-electron chi connectivity index (χ0n) is 15.5. The van der Waals surface area contributed by atoms with Gasteiger partial charge in [-0.05, 0) is 60.5 Å². The van der Waals surface area contributed by atoms with Gasteiger partial charge in [-0.1, -0.05) is 23.7 Å². The minimum atomic E-state index is 0.429. The molecule has 0 saturated carbocycles. The number of halogens is 1. The lowest BCUT2D eigenvalue weighted by molar-refractivity contribution is 0.415. The molecule has 2 N–H and O–H groups in total. The van der Waals surface area contributed by atoms with Crippen LogP contribution >= 0.6 is 11.6 Å². The van der Waals surface area contributed by atoms with Gasteiger partial charge in [0.25, 0.3) is 0 Å². The first-order chi connectivity index (χ1) is 13.5. The van der Waals surface area contributed by atoms with Crippen molar-refractivity contribution in [2.45, 2.75) is 6.92 Å². The van der Waals surface area contributed by atoms with Crippen LogP contribution in [0.3, 0.4) is 0 Å². The highest BCUT2D eigenvalue weighted by Gasteiger charge is 2.16. The molecule has 1 aromatic heterocycles. The van der Waals surface area contributed by atoms with E-state index in [1.165, 1.54) is 0 Å². The van der Waals surface area contributed by atoms with Crippen LogP contribution in [0.15, 0.2) is 60.8 Å². The third kappa shape index (κ3) is 2.87. The van der Waals surface area contributed by atoms with Gasteiger partial charge in [0.05, 0.1) is 23.2 Å². The van der Waals surface area contributed by atoms with Gasteiger partial charge in [-0.25, -0.2) is 0 Å². The fourth-order valence-corrected chi connectivity index (χ4v) is 3.65. The van der Waals surface area contributed by atoms with Gasteiger partial charge in [0, 0.05) is 28.5 Å². The zero-order chi connectivity index (χ0) is 19.8. The second-order valence-corrected chi connectivity index (χ2v) is 7.00. The molecule has 3 aromatic carbocycles. The van der Waals surface area contributed by atoms with E-state index in [9.17, 15) is 5.26 Å². The molecule has 0 radical (unpaired) electrons. The summed E-state index contributed by atoms with van der Waals surface area (Å²) < 4.78 is 7.33. The minimum Gasteiger partial charge on any atom is -0.497 e. The molecule has 0 aliphatic heterocycles. The normalized spacial score (nSPS) is 10.8. The van der Waals surface area contributed by atoms with Crippen LogP contribution < -0.4 is 10.5 Å². The van der Waals surface area contributed by atoms with Gasteiger partial charge in [-0.3, -0.25) is 0 Å². The van der Waals surface area contributed by atoms with E-state index in [4.69, 9.17) is 22.1 Å². The first-order valence-corrected chi connectivity index (χ1v) is 9.16.